The summed E-state index contributed by atoms with van der Waals surface area (Å²) in [6.45, 7) is 2.10. The van der Waals surface area contributed by atoms with E-state index in [0.29, 0.717) is 5.92 Å². The SMILES string of the molecule is C[C@@H]1C=C(Cl)C(I)=C(Cl)C1. The van der Waals surface area contributed by atoms with E-state index in [9.17, 15) is 0 Å². The Balaban J connectivity index is 2.90. The maximum absolute atomic E-state index is 5.90. The highest BCUT2D eigenvalue weighted by atomic mass is 127. The quantitative estimate of drug-likeness (QED) is 0.590. The molecule has 0 unspecified atom stereocenters. The molecule has 0 aliphatic heterocycles. The van der Waals surface area contributed by atoms with E-state index in [1.165, 1.54) is 0 Å². The van der Waals surface area contributed by atoms with Crippen molar-refractivity contribution in [2.24, 2.45) is 5.92 Å². The van der Waals surface area contributed by atoms with Gasteiger partial charge in [0.25, 0.3) is 0 Å². The molecule has 0 bridgehead atoms. The minimum atomic E-state index is 0.485. The minimum absolute atomic E-state index is 0.485. The molecule has 0 aromatic heterocycles. The summed E-state index contributed by atoms with van der Waals surface area (Å²) in [6, 6.07) is 0. The second-order valence-electron chi connectivity index (χ2n) is 2.41. The van der Waals surface area contributed by atoms with Gasteiger partial charge in [-0.3, -0.25) is 0 Å². The van der Waals surface area contributed by atoms with Gasteiger partial charge in [-0.05, 0) is 34.9 Å². The molecule has 0 radical (unpaired) electrons. The van der Waals surface area contributed by atoms with Crippen LogP contribution in [0.3, 0.4) is 0 Å². The first-order valence-corrected chi connectivity index (χ1v) is 4.86. The molecule has 0 nitrogen and oxygen atoms in total. The van der Waals surface area contributed by atoms with Crippen LogP contribution in [0.15, 0.2) is 19.7 Å². The van der Waals surface area contributed by atoms with Crippen molar-refractivity contribution in [3.8, 4) is 0 Å². The standard InChI is InChI=1S/C7H7Cl2I/c1-4-2-5(8)7(10)6(9)3-4/h2,4H,3H2,1H3/t4-/m1/s1. The largest absolute Gasteiger partial charge is 0.0879 e. The van der Waals surface area contributed by atoms with Crippen molar-refractivity contribution in [2.75, 3.05) is 0 Å². The fraction of sp³-hybridized carbons (Fsp3) is 0.429. The second kappa shape index (κ2) is 3.46. The summed E-state index contributed by atoms with van der Waals surface area (Å²) in [5.74, 6) is 0.485. The number of rotatable bonds is 0. The molecule has 0 amide bonds. The first kappa shape index (κ1) is 8.88. The second-order valence-corrected chi connectivity index (χ2v) is 4.36. The van der Waals surface area contributed by atoms with E-state index in [1.807, 2.05) is 6.08 Å². The van der Waals surface area contributed by atoms with E-state index in [0.717, 1.165) is 20.1 Å². The van der Waals surface area contributed by atoms with Crippen molar-refractivity contribution >= 4 is 45.8 Å². The van der Waals surface area contributed by atoms with Crippen LogP contribution in [0.1, 0.15) is 13.3 Å². The predicted octanol–water partition coefficient (Wildman–Crippen LogP) is 4.03. The third-order valence-electron chi connectivity index (χ3n) is 1.38. The summed E-state index contributed by atoms with van der Waals surface area (Å²) in [4.78, 5) is 0. The summed E-state index contributed by atoms with van der Waals surface area (Å²) in [5.41, 5.74) is 0. The molecule has 0 N–H and O–H groups in total. The molecule has 0 saturated heterocycles. The average molecular weight is 289 g/mol. The predicted molar refractivity (Wildman–Crippen MR) is 54.6 cm³/mol. The van der Waals surface area contributed by atoms with Gasteiger partial charge in [-0.25, -0.2) is 0 Å². The van der Waals surface area contributed by atoms with Gasteiger partial charge < -0.3 is 0 Å². The summed E-state index contributed by atoms with van der Waals surface area (Å²) in [5, 5.41) is 1.69. The maximum Gasteiger partial charge on any atom is 0.0514 e. The summed E-state index contributed by atoms with van der Waals surface area (Å²) in [7, 11) is 0. The zero-order valence-corrected chi connectivity index (χ0v) is 9.17. The topological polar surface area (TPSA) is 0 Å². The Labute approximate surface area is 84.4 Å². The lowest BCUT2D eigenvalue weighted by molar-refractivity contribution is 0.725. The van der Waals surface area contributed by atoms with Gasteiger partial charge in [0.1, 0.15) is 0 Å². The van der Waals surface area contributed by atoms with Gasteiger partial charge in [-0.2, -0.15) is 0 Å². The van der Waals surface area contributed by atoms with Crippen molar-refractivity contribution in [3.05, 3.63) is 19.7 Å². The molecule has 0 saturated carbocycles. The number of hydrogen-bond acceptors (Lipinski definition) is 0. The van der Waals surface area contributed by atoms with Crippen molar-refractivity contribution in [3.63, 3.8) is 0 Å². The maximum atomic E-state index is 5.90. The fourth-order valence-electron chi connectivity index (χ4n) is 0.884. The van der Waals surface area contributed by atoms with Crippen LogP contribution in [0, 0.1) is 5.92 Å². The van der Waals surface area contributed by atoms with Crippen LogP contribution in [0.4, 0.5) is 0 Å². The Morgan fingerprint density at radius 1 is 1.60 bits per heavy atom. The zero-order valence-electron chi connectivity index (χ0n) is 5.50. The monoisotopic (exact) mass is 288 g/mol. The smallest absolute Gasteiger partial charge is 0.0514 e. The lowest BCUT2D eigenvalue weighted by Gasteiger charge is -2.14. The van der Waals surface area contributed by atoms with Crippen LogP contribution in [-0.2, 0) is 0 Å². The summed E-state index contributed by atoms with van der Waals surface area (Å²) >= 11 is 13.9. The van der Waals surface area contributed by atoms with Gasteiger partial charge in [0, 0.05) is 8.61 Å². The molecule has 0 spiro atoms. The van der Waals surface area contributed by atoms with Gasteiger partial charge >= 0.3 is 0 Å². The Hall–Kier alpha value is 0.790. The zero-order chi connectivity index (χ0) is 7.72. The Kier molecular flexibility index (Phi) is 3.07. The first-order valence-electron chi connectivity index (χ1n) is 3.03. The molecule has 56 valence electrons. The number of halogens is 3. The summed E-state index contributed by atoms with van der Waals surface area (Å²) in [6.07, 6.45) is 2.96. The molecule has 0 heterocycles. The normalized spacial score (nSPS) is 26.8. The fourth-order valence-corrected chi connectivity index (χ4v) is 2.01. The molecule has 3 heteroatoms. The number of allylic oxidation sites excluding steroid dienone is 4. The van der Waals surface area contributed by atoms with E-state index in [2.05, 4.69) is 29.5 Å². The van der Waals surface area contributed by atoms with Crippen LogP contribution in [-0.4, -0.2) is 0 Å². The van der Waals surface area contributed by atoms with E-state index in [4.69, 9.17) is 23.2 Å². The number of hydrogen-bond donors (Lipinski definition) is 0. The van der Waals surface area contributed by atoms with Crippen LogP contribution >= 0.6 is 45.8 Å². The van der Waals surface area contributed by atoms with Crippen molar-refractivity contribution in [2.45, 2.75) is 13.3 Å². The van der Waals surface area contributed by atoms with E-state index in [-0.39, 0.29) is 0 Å². The molecule has 0 aromatic carbocycles. The highest BCUT2D eigenvalue weighted by molar-refractivity contribution is 14.1. The molecule has 10 heavy (non-hydrogen) atoms. The third kappa shape index (κ3) is 1.89. The van der Waals surface area contributed by atoms with Crippen molar-refractivity contribution < 1.29 is 0 Å². The molecule has 1 rings (SSSR count). The molecule has 1 aliphatic carbocycles. The lowest BCUT2D eigenvalue weighted by Crippen LogP contribution is -1.97. The van der Waals surface area contributed by atoms with Crippen LogP contribution in [0.5, 0.6) is 0 Å². The minimum Gasteiger partial charge on any atom is -0.0879 e. The highest BCUT2D eigenvalue weighted by Crippen LogP contribution is 2.36. The van der Waals surface area contributed by atoms with Crippen molar-refractivity contribution in [1.82, 2.24) is 0 Å². The molecule has 1 atom stereocenters. The molecular weight excluding hydrogens is 282 g/mol. The molecule has 0 aromatic rings. The average Bonchev–Trinajstić information content (AvgIpc) is 1.82. The van der Waals surface area contributed by atoms with Crippen LogP contribution < -0.4 is 0 Å². The Bertz CT molecular complexity index is 206. The third-order valence-corrected chi connectivity index (χ3v) is 3.91. The molecular formula is C7H7Cl2I. The van der Waals surface area contributed by atoms with Crippen molar-refractivity contribution in [1.29, 1.82) is 0 Å². The lowest BCUT2D eigenvalue weighted by atomic mass is 10.0. The van der Waals surface area contributed by atoms with E-state index >= 15 is 0 Å². The van der Waals surface area contributed by atoms with Gasteiger partial charge in [-0.15, -0.1) is 0 Å². The highest BCUT2D eigenvalue weighted by Gasteiger charge is 2.14. The molecule has 1 aliphatic rings. The Morgan fingerprint density at radius 2 is 2.20 bits per heavy atom. The Morgan fingerprint density at radius 3 is 2.70 bits per heavy atom. The van der Waals surface area contributed by atoms with Gasteiger partial charge in [-0.1, -0.05) is 36.2 Å². The van der Waals surface area contributed by atoms with Gasteiger partial charge in [0.15, 0.2) is 0 Å². The summed E-state index contributed by atoms with van der Waals surface area (Å²) < 4.78 is 0.999. The first-order chi connectivity index (χ1) is 4.61. The van der Waals surface area contributed by atoms with Crippen LogP contribution in [0.25, 0.3) is 0 Å². The molecule has 0 fully saturated rings. The van der Waals surface area contributed by atoms with E-state index < -0.39 is 0 Å². The van der Waals surface area contributed by atoms with Crippen LogP contribution in [0.2, 0.25) is 0 Å². The van der Waals surface area contributed by atoms with Gasteiger partial charge in [0.2, 0.25) is 0 Å². The van der Waals surface area contributed by atoms with E-state index in [1.54, 1.807) is 0 Å². The van der Waals surface area contributed by atoms with Gasteiger partial charge in [0.05, 0.1) is 5.03 Å².